The van der Waals surface area contributed by atoms with Gasteiger partial charge in [0, 0.05) is 37.6 Å². The molecule has 39 nitrogen and oxygen atoms in total. The molecule has 0 spiro atoms. The maximum atomic E-state index is 14.8. The van der Waals surface area contributed by atoms with Gasteiger partial charge in [0.25, 0.3) is 29.5 Å². The van der Waals surface area contributed by atoms with Crippen molar-refractivity contribution in [2.45, 2.75) is 402 Å². The maximum absolute atomic E-state index is 14.8. The maximum Gasteiger partial charge on any atom is 0.338 e. The Morgan fingerprint density at radius 3 is 0.640 bits per heavy atom. The topological polar surface area (TPSA) is 442 Å². The van der Waals surface area contributed by atoms with Crippen LogP contribution in [0.15, 0.2) is 5.11 Å². The van der Waals surface area contributed by atoms with E-state index in [9.17, 15) is 28.8 Å². The Hall–Kier alpha value is -4.83. The minimum atomic E-state index is -1.35. The van der Waals surface area contributed by atoms with Crippen LogP contribution in [0.4, 0.5) is 0 Å². The molecular formula is C75H120N8O31. The predicted molar refractivity (Wildman–Crippen MR) is 386 cm³/mol. The van der Waals surface area contributed by atoms with E-state index in [2.05, 4.69) is 36.6 Å². The van der Waals surface area contributed by atoms with Crippen molar-refractivity contribution in [2.75, 3.05) is 39.3 Å². The fraction of sp³-hybridized carbons (Fsp3) is 0.920. The second-order valence-corrected chi connectivity index (χ2v) is 36.6. The zero-order valence-electron chi connectivity index (χ0n) is 70.2. The summed E-state index contributed by atoms with van der Waals surface area (Å²) in [7, 11) is 0. The highest BCUT2D eigenvalue weighted by Crippen LogP contribution is 2.47. The van der Waals surface area contributed by atoms with Gasteiger partial charge in [-0.25, -0.2) is 4.79 Å². The van der Waals surface area contributed by atoms with E-state index in [0.717, 1.165) is 0 Å². The van der Waals surface area contributed by atoms with Gasteiger partial charge in [-0.2, -0.15) is 0 Å². The average Bonchev–Trinajstić information content (AvgIpc) is 1.63. The van der Waals surface area contributed by atoms with Crippen molar-refractivity contribution >= 4 is 35.5 Å². The SMILES string of the molecule is CC(C)OC(=O)[C@@H]1OC(C)(C)O[C@@H]1[C@@H]1OC(C)(C)O[C@@H]1CNC(=O)[C@@H]1OC(C)(C)O[C@@H]1[C@@H]1OC(C)(C)O[C@@H]1CNC(=O)[C@@H]1OC(C)(C)O[C@@H]1[C@@H]1OC(C)(C)O[C@@H]1CNC(=O)[C@@H]1OC(C)(C)O[C@@H]1[C@@H]1OC(C)(C)O[C@@H]1CNC(=O)[C@@H]1OC(C)(C)O[C@@H]1[C@@H]1OC(C)(C)O[C@@H]1CNC(=O)[C@@H]1OC(C)(C)O[C@@H]1[C@@H]1OC(C)(C)O[C@@H]1CN=[N+]=[N-]. The molecule has 12 aliphatic heterocycles. The third kappa shape index (κ3) is 20.3. The Kier molecular flexibility index (Phi) is 24.5. The number of nitrogens with zero attached hydrogens (tertiary/aromatic N) is 3. The van der Waals surface area contributed by atoms with Crippen LogP contribution in [0.3, 0.4) is 0 Å². The first kappa shape index (κ1) is 88.5. The lowest BCUT2D eigenvalue weighted by Crippen LogP contribution is -2.55. The minimum absolute atomic E-state index is 0.0882. The molecule has 39 heteroatoms. The van der Waals surface area contributed by atoms with Gasteiger partial charge in [-0.05, 0) is 186 Å². The number of ether oxygens (including phenoxy) is 25. The number of esters is 1. The summed E-state index contributed by atoms with van der Waals surface area (Å²) in [6.07, 6.45) is -25.7. The van der Waals surface area contributed by atoms with E-state index >= 15 is 0 Å². The minimum Gasteiger partial charge on any atom is -0.461 e. The Balaban J connectivity index is 0.674. The summed E-state index contributed by atoms with van der Waals surface area (Å²) in [5.74, 6) is -18.7. The summed E-state index contributed by atoms with van der Waals surface area (Å²) in [6, 6.07) is 0. The Morgan fingerprint density at radius 2 is 0.439 bits per heavy atom. The predicted octanol–water partition coefficient (Wildman–Crippen LogP) is 3.07. The van der Waals surface area contributed by atoms with Crippen LogP contribution in [0.1, 0.15) is 180 Å². The molecule has 646 valence electrons. The molecule has 12 fully saturated rings. The van der Waals surface area contributed by atoms with Crippen LogP contribution in [0.2, 0.25) is 0 Å². The Bertz CT molecular complexity index is 3600. The number of azide groups is 1. The van der Waals surface area contributed by atoms with Crippen molar-refractivity contribution in [3.63, 3.8) is 0 Å². The average molecular weight is 1630 g/mol. The molecule has 0 bridgehead atoms. The molecule has 0 aromatic rings. The lowest BCUT2D eigenvalue weighted by Gasteiger charge is -2.28. The summed E-state index contributed by atoms with van der Waals surface area (Å²) in [6.45, 7) is 42.7. The van der Waals surface area contributed by atoms with Crippen molar-refractivity contribution in [2.24, 2.45) is 5.11 Å². The largest absolute Gasteiger partial charge is 0.461 e. The number of hydrogen-bond donors (Lipinski definition) is 5. The van der Waals surface area contributed by atoms with Gasteiger partial charge in [0.15, 0.2) is 106 Å². The number of nitrogens with one attached hydrogen (secondary N) is 5. The molecule has 0 aliphatic carbocycles. The number of rotatable bonds is 25. The number of carbonyl (C=O) groups is 6. The van der Waals surface area contributed by atoms with Gasteiger partial charge in [-0.1, -0.05) is 5.11 Å². The Morgan fingerprint density at radius 1 is 0.272 bits per heavy atom. The van der Waals surface area contributed by atoms with Crippen LogP contribution < -0.4 is 26.6 Å². The third-order valence-corrected chi connectivity index (χ3v) is 20.6. The number of carbonyl (C=O) groups excluding carboxylic acids is 6. The highest BCUT2D eigenvalue weighted by atomic mass is 16.8. The molecule has 5 amide bonds. The quantitative estimate of drug-likeness (QED) is 0.0379. The van der Waals surface area contributed by atoms with Gasteiger partial charge in [0.05, 0.1) is 18.8 Å². The monoisotopic (exact) mass is 1630 g/mol. The smallest absolute Gasteiger partial charge is 0.338 e. The first-order valence-corrected chi connectivity index (χ1v) is 39.3. The summed E-state index contributed by atoms with van der Waals surface area (Å²) >= 11 is 0. The first-order valence-electron chi connectivity index (χ1n) is 39.3. The van der Waals surface area contributed by atoms with E-state index in [1.54, 1.807) is 180 Å². The molecule has 0 aromatic heterocycles. The lowest BCUT2D eigenvalue weighted by molar-refractivity contribution is -0.177. The molecule has 0 radical (unpaired) electrons. The Labute approximate surface area is 663 Å². The van der Waals surface area contributed by atoms with Crippen molar-refractivity contribution in [3.8, 4) is 0 Å². The van der Waals surface area contributed by atoms with Crippen LogP contribution in [0, 0.1) is 0 Å². The lowest BCUT2D eigenvalue weighted by atomic mass is 10.00. The highest BCUT2D eigenvalue weighted by molar-refractivity contribution is 5.84. The van der Waals surface area contributed by atoms with Crippen LogP contribution in [0.5, 0.6) is 0 Å². The van der Waals surface area contributed by atoms with Gasteiger partial charge < -0.3 is 145 Å². The van der Waals surface area contributed by atoms with Crippen molar-refractivity contribution in [3.05, 3.63) is 10.4 Å². The molecular weight excluding hydrogens is 1510 g/mol. The first-order chi connectivity index (χ1) is 52.4. The second-order valence-electron chi connectivity index (χ2n) is 36.6. The molecule has 24 atom stereocenters. The van der Waals surface area contributed by atoms with Gasteiger partial charge in [-0.15, -0.1) is 0 Å². The molecule has 5 N–H and O–H groups in total. The van der Waals surface area contributed by atoms with Crippen molar-refractivity contribution in [1.82, 2.24) is 26.6 Å². The fourth-order valence-corrected chi connectivity index (χ4v) is 17.1. The van der Waals surface area contributed by atoms with Crippen molar-refractivity contribution < 1.29 is 147 Å². The van der Waals surface area contributed by atoms with Gasteiger partial charge in [0.2, 0.25) is 0 Å². The van der Waals surface area contributed by atoms with E-state index in [1.807, 2.05) is 0 Å². The molecule has 0 unspecified atom stereocenters. The van der Waals surface area contributed by atoms with Crippen LogP contribution in [-0.2, 0) is 147 Å². The normalized spacial score (nSPS) is 41.0. The summed E-state index contributed by atoms with van der Waals surface area (Å²) in [5, 5.41) is 18.5. The van der Waals surface area contributed by atoms with E-state index in [1.165, 1.54) is 0 Å². The standard InChI is InChI=1S/C75H120N8O31/c1-33(2)90-63(89)57-51(108-75(25,26)114-57)44-38(95-68(11,12)101-44)31-81-61(87)55-49(106-73(21,22)112-55)42-36(93-66(7,8)99-42)29-79-59(85)53-47(104-71(17,18)110-53)40-34(91-64(3,4)97-40)27-77-58(84)52-46(103-70(15,16)109-52)41-35(92-65(5,6)98-41)28-78-60(86)54-48(105-72(19,20)111-54)43-37(94-67(9,10)100-43)30-80-62(88)56-50(107-74(23,24)113-56)45-39(32-82-83-76)96-69(13,14)102-45/h33-57H,27-32H2,1-26H3,(H,77,84)(H,78,86)(H,79,85)(H,80,88)(H,81,87)/t34-,35-,36-,37-,38-,39-,40-,41-,42-,43-,44-,45-,46-,47-,48-,49-,50-,51-,52-,53-,54-,55-,56-,57-/m1/s1. The molecule has 12 heterocycles. The second kappa shape index (κ2) is 31.6. The van der Waals surface area contributed by atoms with Gasteiger partial charge >= 0.3 is 5.97 Å². The highest BCUT2D eigenvalue weighted by Gasteiger charge is 2.64. The van der Waals surface area contributed by atoms with E-state index in [-0.39, 0.29) is 39.3 Å². The molecule has 0 aromatic carbocycles. The van der Waals surface area contributed by atoms with Crippen LogP contribution in [0.25, 0.3) is 10.4 Å². The van der Waals surface area contributed by atoms with E-state index in [0.29, 0.717) is 0 Å². The summed E-state index contributed by atoms with van der Waals surface area (Å²) in [4.78, 5) is 89.4. The van der Waals surface area contributed by atoms with E-state index in [4.69, 9.17) is 124 Å². The van der Waals surface area contributed by atoms with Crippen LogP contribution in [-0.4, -0.2) is 297 Å². The zero-order valence-corrected chi connectivity index (χ0v) is 70.2. The van der Waals surface area contributed by atoms with Gasteiger partial charge in [0.1, 0.15) is 104 Å². The zero-order chi connectivity index (χ0) is 83.8. The molecule has 12 rings (SSSR count). The molecule has 12 saturated heterocycles. The summed E-state index contributed by atoms with van der Waals surface area (Å²) in [5.41, 5.74) is 9.12. The fourth-order valence-electron chi connectivity index (χ4n) is 17.1. The van der Waals surface area contributed by atoms with Crippen molar-refractivity contribution in [1.29, 1.82) is 0 Å². The number of amides is 5. The molecule has 12 aliphatic rings. The third-order valence-electron chi connectivity index (χ3n) is 20.6. The summed E-state index contributed by atoms with van der Waals surface area (Å²) < 4.78 is 158. The number of hydrogen-bond acceptors (Lipinski definition) is 32. The molecule has 0 saturated carbocycles. The van der Waals surface area contributed by atoms with E-state index < -0.39 is 258 Å². The van der Waals surface area contributed by atoms with Gasteiger partial charge in [-0.3, -0.25) is 24.0 Å². The molecule has 114 heavy (non-hydrogen) atoms. The van der Waals surface area contributed by atoms with Crippen LogP contribution >= 0.6 is 0 Å².